The molecule has 0 heterocycles. The van der Waals surface area contributed by atoms with Crippen molar-refractivity contribution in [2.24, 2.45) is 11.8 Å². The molecule has 1 aliphatic rings. The predicted molar refractivity (Wildman–Crippen MR) is 80.5 cm³/mol. The molecule has 3 atom stereocenters. The summed E-state index contributed by atoms with van der Waals surface area (Å²) in [6.07, 6.45) is 4.29. The van der Waals surface area contributed by atoms with Crippen molar-refractivity contribution < 1.29 is 14.8 Å². The molecule has 0 amide bonds. The molecule has 0 aliphatic heterocycles. The highest BCUT2D eigenvalue weighted by atomic mass is 16.6. The summed E-state index contributed by atoms with van der Waals surface area (Å²) in [6.45, 7) is 2.17. The van der Waals surface area contributed by atoms with Gasteiger partial charge in [0.25, 0.3) is 5.69 Å². The van der Waals surface area contributed by atoms with Crippen molar-refractivity contribution in [1.29, 1.82) is 0 Å². The lowest BCUT2D eigenvalue weighted by Gasteiger charge is -2.33. The van der Waals surface area contributed by atoms with Crippen molar-refractivity contribution in [3.8, 4) is 5.75 Å². The summed E-state index contributed by atoms with van der Waals surface area (Å²) in [6, 6.07) is 4.66. The lowest BCUT2D eigenvalue weighted by atomic mass is 9.76. The lowest BCUT2D eigenvalue weighted by Crippen LogP contribution is -2.30. The summed E-state index contributed by atoms with van der Waals surface area (Å²) in [5, 5.41) is 21.1. The van der Waals surface area contributed by atoms with Crippen LogP contribution in [0.5, 0.6) is 5.75 Å². The number of hydrogen-bond donors (Lipinski definition) is 1. The number of benzene rings is 1. The molecule has 1 saturated carbocycles. The van der Waals surface area contributed by atoms with Gasteiger partial charge < -0.3 is 9.84 Å². The molecule has 2 rings (SSSR count). The molecule has 0 saturated heterocycles. The summed E-state index contributed by atoms with van der Waals surface area (Å²) in [5.41, 5.74) is 0.885. The zero-order valence-corrected chi connectivity index (χ0v) is 12.6. The Morgan fingerprint density at radius 3 is 2.81 bits per heavy atom. The van der Waals surface area contributed by atoms with Crippen molar-refractivity contribution in [2.45, 2.75) is 45.1 Å². The minimum Gasteiger partial charge on any atom is -0.496 e. The van der Waals surface area contributed by atoms with Gasteiger partial charge in [-0.25, -0.2) is 0 Å². The van der Waals surface area contributed by atoms with Crippen molar-refractivity contribution in [1.82, 2.24) is 0 Å². The van der Waals surface area contributed by atoms with Gasteiger partial charge in [0.2, 0.25) is 0 Å². The van der Waals surface area contributed by atoms with E-state index in [1.807, 2.05) is 0 Å². The number of aliphatic hydroxyl groups is 1. The van der Waals surface area contributed by atoms with Gasteiger partial charge in [0, 0.05) is 17.7 Å². The molecule has 5 heteroatoms. The van der Waals surface area contributed by atoms with Crippen LogP contribution < -0.4 is 4.74 Å². The molecular formula is C16H23NO4. The van der Waals surface area contributed by atoms with Crippen LogP contribution in [-0.2, 0) is 6.42 Å². The van der Waals surface area contributed by atoms with Gasteiger partial charge in [0.05, 0.1) is 18.1 Å². The van der Waals surface area contributed by atoms with E-state index < -0.39 is 4.92 Å². The zero-order chi connectivity index (χ0) is 15.4. The van der Waals surface area contributed by atoms with E-state index in [1.54, 1.807) is 19.2 Å². The minimum atomic E-state index is -0.394. The van der Waals surface area contributed by atoms with E-state index in [0.717, 1.165) is 31.2 Å². The Bertz CT molecular complexity index is 503. The Labute approximate surface area is 125 Å². The van der Waals surface area contributed by atoms with Crippen molar-refractivity contribution in [3.63, 3.8) is 0 Å². The Hall–Kier alpha value is -1.62. The first-order valence-electron chi connectivity index (χ1n) is 7.54. The molecule has 5 nitrogen and oxygen atoms in total. The Kier molecular flexibility index (Phi) is 5.17. The molecule has 1 fully saturated rings. The number of nitro groups is 1. The van der Waals surface area contributed by atoms with Gasteiger partial charge in [-0.3, -0.25) is 10.1 Å². The van der Waals surface area contributed by atoms with Gasteiger partial charge in [-0.05, 0) is 43.6 Å². The van der Waals surface area contributed by atoms with Crippen LogP contribution in [-0.4, -0.2) is 23.2 Å². The summed E-state index contributed by atoms with van der Waals surface area (Å²) in [4.78, 5) is 10.5. The first-order valence-corrected chi connectivity index (χ1v) is 7.54. The molecule has 1 aromatic carbocycles. The number of hydrogen-bond acceptors (Lipinski definition) is 4. The topological polar surface area (TPSA) is 72.6 Å². The summed E-state index contributed by atoms with van der Waals surface area (Å²) in [5.74, 6) is 1.45. The highest BCUT2D eigenvalue weighted by Crippen LogP contribution is 2.35. The van der Waals surface area contributed by atoms with Crippen LogP contribution in [0.25, 0.3) is 0 Å². The van der Waals surface area contributed by atoms with E-state index in [-0.39, 0.29) is 17.7 Å². The van der Waals surface area contributed by atoms with Crippen LogP contribution in [0.3, 0.4) is 0 Å². The zero-order valence-electron chi connectivity index (χ0n) is 12.6. The molecule has 1 aromatic rings. The van der Waals surface area contributed by atoms with E-state index in [1.165, 1.54) is 6.07 Å². The van der Waals surface area contributed by atoms with Crippen molar-refractivity contribution in [3.05, 3.63) is 33.9 Å². The minimum absolute atomic E-state index is 0.0724. The Morgan fingerprint density at radius 1 is 1.43 bits per heavy atom. The standard InChI is InChI=1S/C16H23NO4/c1-3-11-4-6-15(18)12(8-11)9-13-10-14(17(19)20)5-7-16(13)21-2/h5,7,10-12,15,18H,3-4,6,8-9H2,1-2H3. The summed E-state index contributed by atoms with van der Waals surface area (Å²) < 4.78 is 5.31. The van der Waals surface area contributed by atoms with E-state index in [4.69, 9.17) is 4.74 Å². The second kappa shape index (κ2) is 6.89. The molecule has 1 N–H and O–H groups in total. The Balaban J connectivity index is 2.20. The van der Waals surface area contributed by atoms with Gasteiger partial charge in [-0.15, -0.1) is 0 Å². The van der Waals surface area contributed by atoms with Crippen molar-refractivity contribution in [2.75, 3.05) is 7.11 Å². The Morgan fingerprint density at radius 2 is 2.19 bits per heavy atom. The fourth-order valence-corrected chi connectivity index (χ4v) is 3.26. The quantitative estimate of drug-likeness (QED) is 0.667. The first-order chi connectivity index (χ1) is 10.0. The number of rotatable bonds is 5. The average Bonchev–Trinajstić information content (AvgIpc) is 2.49. The fraction of sp³-hybridized carbons (Fsp3) is 0.625. The molecule has 3 unspecified atom stereocenters. The number of methoxy groups -OCH3 is 1. The molecule has 0 bridgehead atoms. The van der Waals surface area contributed by atoms with Crippen LogP contribution in [0.1, 0.15) is 38.2 Å². The number of nitrogens with zero attached hydrogens (tertiary/aromatic N) is 1. The van der Waals surface area contributed by atoms with E-state index in [0.29, 0.717) is 18.1 Å². The third-order valence-corrected chi connectivity index (χ3v) is 4.59. The maximum absolute atomic E-state index is 10.9. The maximum atomic E-state index is 10.9. The number of non-ortho nitro benzene ring substituents is 1. The third kappa shape index (κ3) is 3.73. The summed E-state index contributed by atoms with van der Waals surface area (Å²) >= 11 is 0. The van der Waals surface area contributed by atoms with E-state index in [9.17, 15) is 15.2 Å². The van der Waals surface area contributed by atoms with Crippen LogP contribution >= 0.6 is 0 Å². The lowest BCUT2D eigenvalue weighted by molar-refractivity contribution is -0.384. The molecule has 116 valence electrons. The maximum Gasteiger partial charge on any atom is 0.269 e. The van der Waals surface area contributed by atoms with Crippen LogP contribution in [0, 0.1) is 22.0 Å². The number of aliphatic hydroxyl groups excluding tert-OH is 1. The van der Waals surface area contributed by atoms with Crippen LogP contribution in [0.4, 0.5) is 5.69 Å². The second-order valence-corrected chi connectivity index (χ2v) is 5.87. The summed E-state index contributed by atoms with van der Waals surface area (Å²) in [7, 11) is 1.57. The van der Waals surface area contributed by atoms with Gasteiger partial charge >= 0.3 is 0 Å². The van der Waals surface area contributed by atoms with Crippen LogP contribution in [0.2, 0.25) is 0 Å². The average molecular weight is 293 g/mol. The third-order valence-electron chi connectivity index (χ3n) is 4.59. The van der Waals surface area contributed by atoms with Crippen molar-refractivity contribution >= 4 is 5.69 Å². The molecule has 1 aliphatic carbocycles. The molecule has 0 aromatic heterocycles. The molecule has 0 spiro atoms. The van der Waals surface area contributed by atoms with Gasteiger partial charge in [-0.1, -0.05) is 13.3 Å². The van der Waals surface area contributed by atoms with E-state index >= 15 is 0 Å². The first kappa shape index (κ1) is 15.8. The second-order valence-electron chi connectivity index (χ2n) is 5.87. The van der Waals surface area contributed by atoms with Gasteiger partial charge in [0.1, 0.15) is 5.75 Å². The largest absolute Gasteiger partial charge is 0.496 e. The van der Waals surface area contributed by atoms with Gasteiger partial charge in [0.15, 0.2) is 0 Å². The molecule has 21 heavy (non-hydrogen) atoms. The van der Waals surface area contributed by atoms with E-state index in [2.05, 4.69) is 6.92 Å². The highest BCUT2D eigenvalue weighted by Gasteiger charge is 2.29. The molecular weight excluding hydrogens is 270 g/mol. The van der Waals surface area contributed by atoms with Gasteiger partial charge in [-0.2, -0.15) is 0 Å². The normalized spacial score (nSPS) is 25.6. The smallest absolute Gasteiger partial charge is 0.269 e. The SMILES string of the molecule is CCC1CCC(O)C(Cc2cc([N+](=O)[O-])ccc2OC)C1. The van der Waals surface area contributed by atoms with Crippen LogP contribution in [0.15, 0.2) is 18.2 Å². The highest BCUT2D eigenvalue weighted by molar-refractivity contribution is 5.44. The monoisotopic (exact) mass is 293 g/mol. The fourth-order valence-electron chi connectivity index (χ4n) is 3.26. The number of nitro benzene ring substituents is 1. The molecule has 0 radical (unpaired) electrons. The number of ether oxygens (including phenoxy) is 1. The predicted octanol–water partition coefficient (Wildman–Crippen LogP) is 3.33.